The summed E-state index contributed by atoms with van der Waals surface area (Å²) in [5, 5.41) is 12.4. The van der Waals surface area contributed by atoms with Crippen LogP contribution in [0, 0.1) is 5.82 Å². The van der Waals surface area contributed by atoms with Crippen molar-refractivity contribution in [2.24, 2.45) is 5.73 Å². The number of rotatable bonds is 7. The average Bonchev–Trinajstić information content (AvgIpc) is 2.28. The minimum atomic E-state index is -0.675. The van der Waals surface area contributed by atoms with Crippen LogP contribution in [0.2, 0.25) is 0 Å². The number of hydrogen-bond donors (Lipinski definition) is 3. The van der Waals surface area contributed by atoms with Crippen LogP contribution in [0.3, 0.4) is 0 Å². The number of ether oxygens (including phenoxy) is 1. The van der Waals surface area contributed by atoms with E-state index in [9.17, 15) is 9.50 Å². The van der Waals surface area contributed by atoms with E-state index in [0.717, 1.165) is 0 Å². The first-order chi connectivity index (χ1) is 7.74. The second-order valence-corrected chi connectivity index (χ2v) is 3.39. The minimum Gasteiger partial charge on any atom is -0.488 e. The Morgan fingerprint density at radius 3 is 2.88 bits per heavy atom. The summed E-state index contributed by atoms with van der Waals surface area (Å²) in [6.45, 7) is 1.59. The number of halogens is 1. The highest BCUT2D eigenvalue weighted by atomic mass is 19.1. The van der Waals surface area contributed by atoms with Crippen molar-refractivity contribution in [2.75, 3.05) is 26.2 Å². The molecule has 0 radical (unpaired) electrons. The molecule has 90 valence electrons. The number of aliphatic hydroxyl groups excluding tert-OH is 1. The molecule has 1 rings (SSSR count). The Morgan fingerprint density at radius 2 is 2.19 bits per heavy atom. The number of nitrogens with two attached hydrogens (primary N) is 1. The summed E-state index contributed by atoms with van der Waals surface area (Å²) in [4.78, 5) is 0. The summed E-state index contributed by atoms with van der Waals surface area (Å²) in [5.74, 6) is -0.273. The zero-order valence-electron chi connectivity index (χ0n) is 9.03. The number of para-hydroxylation sites is 1. The van der Waals surface area contributed by atoms with Crippen molar-refractivity contribution < 1.29 is 14.2 Å². The third-order valence-electron chi connectivity index (χ3n) is 1.97. The van der Waals surface area contributed by atoms with E-state index in [1.54, 1.807) is 12.1 Å². The summed E-state index contributed by atoms with van der Waals surface area (Å²) in [6, 6.07) is 6.10. The molecule has 16 heavy (non-hydrogen) atoms. The fourth-order valence-corrected chi connectivity index (χ4v) is 1.18. The molecule has 0 heterocycles. The summed E-state index contributed by atoms with van der Waals surface area (Å²) in [6.07, 6.45) is -0.675. The van der Waals surface area contributed by atoms with Crippen LogP contribution in [-0.2, 0) is 0 Å². The van der Waals surface area contributed by atoms with Crippen LogP contribution in [-0.4, -0.2) is 37.5 Å². The molecule has 0 aliphatic carbocycles. The van der Waals surface area contributed by atoms with Gasteiger partial charge in [-0.2, -0.15) is 0 Å². The normalized spacial score (nSPS) is 12.4. The van der Waals surface area contributed by atoms with Crippen molar-refractivity contribution in [3.63, 3.8) is 0 Å². The van der Waals surface area contributed by atoms with Crippen molar-refractivity contribution in [3.05, 3.63) is 30.1 Å². The third-order valence-corrected chi connectivity index (χ3v) is 1.97. The Kier molecular flexibility index (Phi) is 5.77. The zero-order valence-corrected chi connectivity index (χ0v) is 9.03. The molecule has 0 bridgehead atoms. The molecule has 1 aromatic rings. The molecule has 0 spiro atoms. The summed E-state index contributed by atoms with van der Waals surface area (Å²) >= 11 is 0. The first-order valence-corrected chi connectivity index (χ1v) is 5.20. The highest BCUT2D eigenvalue weighted by Gasteiger charge is 2.06. The maximum Gasteiger partial charge on any atom is 0.165 e. The lowest BCUT2D eigenvalue weighted by molar-refractivity contribution is 0.104. The van der Waals surface area contributed by atoms with Crippen molar-refractivity contribution >= 4 is 0 Å². The van der Waals surface area contributed by atoms with Crippen LogP contribution < -0.4 is 15.8 Å². The van der Waals surface area contributed by atoms with Gasteiger partial charge in [0.05, 0.1) is 0 Å². The van der Waals surface area contributed by atoms with Crippen LogP contribution in [0.4, 0.5) is 4.39 Å². The van der Waals surface area contributed by atoms with Gasteiger partial charge in [0.15, 0.2) is 11.6 Å². The van der Waals surface area contributed by atoms with Gasteiger partial charge in [0.2, 0.25) is 0 Å². The van der Waals surface area contributed by atoms with E-state index in [0.29, 0.717) is 19.6 Å². The number of hydrogen-bond acceptors (Lipinski definition) is 4. The van der Waals surface area contributed by atoms with Gasteiger partial charge in [-0.3, -0.25) is 0 Å². The monoisotopic (exact) mass is 228 g/mol. The van der Waals surface area contributed by atoms with Gasteiger partial charge in [-0.05, 0) is 12.1 Å². The lowest BCUT2D eigenvalue weighted by Crippen LogP contribution is -2.34. The molecule has 1 aromatic carbocycles. The Hall–Kier alpha value is -1.17. The molecule has 0 aliphatic heterocycles. The van der Waals surface area contributed by atoms with Crippen LogP contribution in [0.1, 0.15) is 0 Å². The molecule has 0 saturated heterocycles. The molecule has 1 atom stereocenters. The Morgan fingerprint density at radius 1 is 1.44 bits per heavy atom. The Labute approximate surface area is 94.2 Å². The van der Waals surface area contributed by atoms with Gasteiger partial charge in [-0.15, -0.1) is 0 Å². The quantitative estimate of drug-likeness (QED) is 0.580. The van der Waals surface area contributed by atoms with Gasteiger partial charge in [-0.25, -0.2) is 4.39 Å². The van der Waals surface area contributed by atoms with Gasteiger partial charge in [0, 0.05) is 19.6 Å². The molecule has 0 aromatic heterocycles. The third kappa shape index (κ3) is 4.57. The van der Waals surface area contributed by atoms with Crippen LogP contribution in [0.5, 0.6) is 5.75 Å². The van der Waals surface area contributed by atoms with E-state index in [1.165, 1.54) is 12.1 Å². The van der Waals surface area contributed by atoms with E-state index in [1.807, 2.05) is 0 Å². The van der Waals surface area contributed by atoms with Crippen LogP contribution in [0.25, 0.3) is 0 Å². The van der Waals surface area contributed by atoms with E-state index in [-0.39, 0.29) is 12.4 Å². The van der Waals surface area contributed by atoms with E-state index in [2.05, 4.69) is 5.32 Å². The van der Waals surface area contributed by atoms with Gasteiger partial charge in [0.1, 0.15) is 12.7 Å². The first-order valence-electron chi connectivity index (χ1n) is 5.20. The summed E-state index contributed by atoms with van der Waals surface area (Å²) in [7, 11) is 0. The fraction of sp³-hybridized carbons (Fsp3) is 0.455. The number of nitrogens with one attached hydrogen (secondary N) is 1. The standard InChI is InChI=1S/C11H17FN2O2/c12-10-3-1-2-4-11(10)16-8-9(15)7-14-6-5-13/h1-4,9,14-15H,5-8,13H2. The smallest absolute Gasteiger partial charge is 0.165 e. The van der Waals surface area contributed by atoms with Crippen molar-refractivity contribution in [3.8, 4) is 5.75 Å². The van der Waals surface area contributed by atoms with Crippen molar-refractivity contribution in [2.45, 2.75) is 6.10 Å². The van der Waals surface area contributed by atoms with Crippen molar-refractivity contribution in [1.82, 2.24) is 5.32 Å². The Balaban J connectivity index is 2.26. The maximum atomic E-state index is 13.1. The van der Waals surface area contributed by atoms with Gasteiger partial charge in [0.25, 0.3) is 0 Å². The predicted molar refractivity (Wildman–Crippen MR) is 59.8 cm³/mol. The molecule has 1 unspecified atom stereocenters. The Bertz CT molecular complexity index is 310. The summed E-state index contributed by atoms with van der Waals surface area (Å²) < 4.78 is 18.2. The lowest BCUT2D eigenvalue weighted by Gasteiger charge is -2.13. The minimum absolute atomic E-state index is 0.0541. The zero-order chi connectivity index (χ0) is 11.8. The fourth-order valence-electron chi connectivity index (χ4n) is 1.18. The molecule has 0 amide bonds. The predicted octanol–water partition coefficient (Wildman–Crippen LogP) is 0.114. The lowest BCUT2D eigenvalue weighted by atomic mass is 10.3. The highest BCUT2D eigenvalue weighted by Crippen LogP contribution is 2.15. The molecular weight excluding hydrogens is 211 g/mol. The number of benzene rings is 1. The first kappa shape index (κ1) is 12.9. The van der Waals surface area contributed by atoms with Gasteiger partial charge in [-0.1, -0.05) is 12.1 Å². The average molecular weight is 228 g/mol. The van der Waals surface area contributed by atoms with Crippen molar-refractivity contribution in [1.29, 1.82) is 0 Å². The molecule has 0 saturated carbocycles. The molecule has 4 N–H and O–H groups in total. The van der Waals surface area contributed by atoms with E-state index >= 15 is 0 Å². The second kappa shape index (κ2) is 7.16. The highest BCUT2D eigenvalue weighted by molar-refractivity contribution is 5.23. The van der Waals surface area contributed by atoms with Crippen LogP contribution in [0.15, 0.2) is 24.3 Å². The molecular formula is C11H17FN2O2. The number of aliphatic hydroxyl groups is 1. The van der Waals surface area contributed by atoms with E-state index < -0.39 is 11.9 Å². The SMILES string of the molecule is NCCNCC(O)COc1ccccc1F. The maximum absolute atomic E-state index is 13.1. The van der Waals surface area contributed by atoms with Gasteiger partial charge >= 0.3 is 0 Å². The molecule has 0 fully saturated rings. The topological polar surface area (TPSA) is 67.5 Å². The largest absolute Gasteiger partial charge is 0.488 e. The second-order valence-electron chi connectivity index (χ2n) is 3.39. The summed E-state index contributed by atoms with van der Waals surface area (Å²) in [5.41, 5.74) is 5.27. The molecule has 5 heteroatoms. The molecule has 4 nitrogen and oxygen atoms in total. The van der Waals surface area contributed by atoms with E-state index in [4.69, 9.17) is 10.5 Å². The van der Waals surface area contributed by atoms with Gasteiger partial charge < -0.3 is 20.9 Å². The van der Waals surface area contributed by atoms with Crippen LogP contribution >= 0.6 is 0 Å². The molecule has 0 aliphatic rings.